The van der Waals surface area contributed by atoms with Crippen LogP contribution in [-0.2, 0) is 17.9 Å². The summed E-state index contributed by atoms with van der Waals surface area (Å²) in [4.78, 5) is 0. The lowest BCUT2D eigenvalue weighted by molar-refractivity contribution is -0.00612. The van der Waals surface area contributed by atoms with Crippen LogP contribution in [0.3, 0.4) is 0 Å². The second kappa shape index (κ2) is 5.90. The van der Waals surface area contributed by atoms with E-state index < -0.39 is 0 Å². The highest BCUT2D eigenvalue weighted by Crippen LogP contribution is 2.36. The average Bonchev–Trinajstić information content (AvgIpc) is 3.14. The number of rotatable bonds is 6. The van der Waals surface area contributed by atoms with Crippen LogP contribution in [0.25, 0.3) is 0 Å². The molecule has 0 saturated heterocycles. The Labute approximate surface area is 122 Å². The van der Waals surface area contributed by atoms with Gasteiger partial charge in [0.15, 0.2) is 0 Å². The van der Waals surface area contributed by atoms with Crippen molar-refractivity contribution in [3.8, 4) is 0 Å². The molecule has 0 aliphatic heterocycles. The molecule has 0 unspecified atom stereocenters. The SMILES string of the molecule is CC1(C)CCC(OCc2ccoc2CNC2CC2)CC1. The molecule has 0 radical (unpaired) electrons. The molecule has 112 valence electrons. The molecule has 1 aromatic rings. The molecule has 0 aromatic carbocycles. The standard InChI is InChI=1S/C17H27NO2/c1-17(2)8-5-15(6-9-17)20-12-13-7-10-19-16(13)11-18-14-3-4-14/h7,10,14-15,18H,3-6,8-9,11-12H2,1-2H3. The van der Waals surface area contributed by atoms with Gasteiger partial charge in [-0.15, -0.1) is 0 Å². The van der Waals surface area contributed by atoms with Crippen molar-refractivity contribution in [3.05, 3.63) is 23.7 Å². The topological polar surface area (TPSA) is 34.4 Å². The van der Waals surface area contributed by atoms with Crippen LogP contribution in [0.2, 0.25) is 0 Å². The first-order valence-electron chi connectivity index (χ1n) is 8.03. The molecular weight excluding hydrogens is 250 g/mol. The fourth-order valence-electron chi connectivity index (χ4n) is 2.92. The van der Waals surface area contributed by atoms with Gasteiger partial charge in [-0.2, -0.15) is 0 Å². The first-order chi connectivity index (χ1) is 9.62. The predicted molar refractivity (Wildman–Crippen MR) is 79.4 cm³/mol. The number of hydrogen-bond acceptors (Lipinski definition) is 3. The summed E-state index contributed by atoms with van der Waals surface area (Å²) in [5.74, 6) is 1.05. The lowest BCUT2D eigenvalue weighted by Gasteiger charge is -2.34. The van der Waals surface area contributed by atoms with E-state index in [2.05, 4.69) is 25.2 Å². The van der Waals surface area contributed by atoms with Gasteiger partial charge in [0.1, 0.15) is 5.76 Å². The van der Waals surface area contributed by atoms with Crippen LogP contribution in [0.1, 0.15) is 63.7 Å². The highest BCUT2D eigenvalue weighted by Gasteiger charge is 2.27. The van der Waals surface area contributed by atoms with E-state index in [0.717, 1.165) is 18.3 Å². The monoisotopic (exact) mass is 277 g/mol. The summed E-state index contributed by atoms with van der Waals surface area (Å²) in [6.45, 7) is 6.26. The number of ether oxygens (including phenoxy) is 1. The fourth-order valence-corrected chi connectivity index (χ4v) is 2.92. The normalized spacial score (nSPS) is 23.1. The largest absolute Gasteiger partial charge is 0.468 e. The van der Waals surface area contributed by atoms with Crippen molar-refractivity contribution >= 4 is 0 Å². The Morgan fingerprint density at radius 3 is 2.70 bits per heavy atom. The van der Waals surface area contributed by atoms with Gasteiger partial charge >= 0.3 is 0 Å². The maximum Gasteiger partial charge on any atom is 0.123 e. The molecule has 20 heavy (non-hydrogen) atoms. The zero-order valence-electron chi connectivity index (χ0n) is 12.8. The van der Waals surface area contributed by atoms with Crippen LogP contribution in [0, 0.1) is 5.41 Å². The van der Waals surface area contributed by atoms with E-state index in [1.165, 1.54) is 44.1 Å². The van der Waals surface area contributed by atoms with Crippen molar-refractivity contribution < 1.29 is 9.15 Å². The summed E-state index contributed by atoms with van der Waals surface area (Å²) >= 11 is 0. The third kappa shape index (κ3) is 3.86. The molecule has 3 nitrogen and oxygen atoms in total. The van der Waals surface area contributed by atoms with Crippen LogP contribution in [0.5, 0.6) is 0 Å². The molecule has 0 amide bonds. The van der Waals surface area contributed by atoms with Crippen molar-refractivity contribution in [1.82, 2.24) is 5.32 Å². The Hall–Kier alpha value is -0.800. The zero-order valence-corrected chi connectivity index (χ0v) is 12.8. The summed E-state index contributed by atoms with van der Waals surface area (Å²) in [5.41, 5.74) is 1.72. The molecule has 1 heterocycles. The molecule has 0 atom stereocenters. The van der Waals surface area contributed by atoms with Gasteiger partial charge in [0.25, 0.3) is 0 Å². The smallest absolute Gasteiger partial charge is 0.123 e. The molecule has 3 rings (SSSR count). The number of nitrogens with one attached hydrogen (secondary N) is 1. The van der Waals surface area contributed by atoms with Gasteiger partial charge in [0, 0.05) is 11.6 Å². The van der Waals surface area contributed by atoms with Crippen molar-refractivity contribution in [2.75, 3.05) is 0 Å². The van der Waals surface area contributed by atoms with Crippen LogP contribution in [0.15, 0.2) is 16.7 Å². The summed E-state index contributed by atoms with van der Waals surface area (Å²) in [6, 6.07) is 2.77. The lowest BCUT2D eigenvalue weighted by atomic mass is 9.76. The van der Waals surface area contributed by atoms with Gasteiger partial charge in [0.05, 0.1) is 25.5 Å². The van der Waals surface area contributed by atoms with E-state index >= 15 is 0 Å². The number of furan rings is 1. The van der Waals surface area contributed by atoms with Gasteiger partial charge < -0.3 is 14.5 Å². The predicted octanol–water partition coefficient (Wildman–Crippen LogP) is 4.02. The van der Waals surface area contributed by atoms with Gasteiger partial charge in [-0.1, -0.05) is 13.8 Å². The molecule has 2 saturated carbocycles. The van der Waals surface area contributed by atoms with Gasteiger partial charge in [-0.05, 0) is 50.0 Å². The molecule has 3 heteroatoms. The minimum absolute atomic E-state index is 0.433. The van der Waals surface area contributed by atoms with E-state index in [4.69, 9.17) is 9.15 Å². The summed E-state index contributed by atoms with van der Waals surface area (Å²) in [7, 11) is 0. The Morgan fingerprint density at radius 2 is 2.00 bits per heavy atom. The molecule has 1 N–H and O–H groups in total. The van der Waals surface area contributed by atoms with E-state index in [1.807, 2.05) is 0 Å². The van der Waals surface area contributed by atoms with Crippen LogP contribution in [-0.4, -0.2) is 12.1 Å². The Kier molecular flexibility index (Phi) is 4.18. The Balaban J connectivity index is 1.45. The van der Waals surface area contributed by atoms with E-state index in [9.17, 15) is 0 Å². The summed E-state index contributed by atoms with van der Waals surface area (Å²) in [6.07, 6.45) is 9.78. The van der Waals surface area contributed by atoms with Crippen molar-refractivity contribution in [3.63, 3.8) is 0 Å². The lowest BCUT2D eigenvalue weighted by Crippen LogP contribution is -2.26. The third-order valence-corrected chi connectivity index (χ3v) is 4.73. The Bertz CT molecular complexity index is 424. The Morgan fingerprint density at radius 1 is 1.25 bits per heavy atom. The summed E-state index contributed by atoms with van der Waals surface area (Å²) < 4.78 is 11.7. The summed E-state index contributed by atoms with van der Waals surface area (Å²) in [5, 5.41) is 3.50. The van der Waals surface area contributed by atoms with Gasteiger partial charge in [-0.25, -0.2) is 0 Å². The highest BCUT2D eigenvalue weighted by molar-refractivity contribution is 5.16. The maximum atomic E-state index is 6.10. The number of hydrogen-bond donors (Lipinski definition) is 1. The molecule has 0 spiro atoms. The second-order valence-electron chi connectivity index (χ2n) is 7.20. The molecule has 2 aliphatic rings. The molecular formula is C17H27NO2. The molecule has 2 fully saturated rings. The second-order valence-corrected chi connectivity index (χ2v) is 7.20. The van der Waals surface area contributed by atoms with Gasteiger partial charge in [0.2, 0.25) is 0 Å². The van der Waals surface area contributed by atoms with Crippen molar-refractivity contribution in [2.24, 2.45) is 5.41 Å². The van der Waals surface area contributed by atoms with E-state index in [1.54, 1.807) is 6.26 Å². The van der Waals surface area contributed by atoms with Crippen LogP contribution < -0.4 is 5.32 Å². The minimum Gasteiger partial charge on any atom is -0.468 e. The molecule has 1 aromatic heterocycles. The molecule has 0 bridgehead atoms. The van der Waals surface area contributed by atoms with Crippen LogP contribution >= 0.6 is 0 Å². The minimum atomic E-state index is 0.433. The average molecular weight is 277 g/mol. The van der Waals surface area contributed by atoms with Gasteiger partial charge in [-0.3, -0.25) is 0 Å². The van der Waals surface area contributed by atoms with Crippen molar-refractivity contribution in [1.29, 1.82) is 0 Å². The first kappa shape index (κ1) is 14.2. The fraction of sp³-hybridized carbons (Fsp3) is 0.765. The third-order valence-electron chi connectivity index (χ3n) is 4.73. The molecule has 2 aliphatic carbocycles. The van der Waals surface area contributed by atoms with Crippen LogP contribution in [0.4, 0.5) is 0 Å². The first-order valence-corrected chi connectivity index (χ1v) is 8.03. The van der Waals surface area contributed by atoms with E-state index in [0.29, 0.717) is 18.1 Å². The quantitative estimate of drug-likeness (QED) is 0.853. The highest BCUT2D eigenvalue weighted by atomic mass is 16.5. The zero-order chi connectivity index (χ0) is 14.0. The maximum absolute atomic E-state index is 6.10. The van der Waals surface area contributed by atoms with E-state index in [-0.39, 0.29) is 0 Å². The van der Waals surface area contributed by atoms with Crippen molar-refractivity contribution in [2.45, 2.75) is 77.7 Å².